The highest BCUT2D eigenvalue weighted by molar-refractivity contribution is 5.89. The Bertz CT molecular complexity index is 992. The standard InChI is InChI=1S/C27H31FN2O2/c28-22-10-6-7-20(17-22)23-19-29-24(31)18-26(23)13-15-30(16-14-26)25(32)27(11-4-5-12-27)21-8-2-1-3-9-21/h1-3,6-10,17,23H,4-5,11-16,18-19H2,(H,29,31)/t23-/m1/s1. The van der Waals surface area contributed by atoms with Crippen LogP contribution in [0.2, 0.25) is 0 Å². The average molecular weight is 435 g/mol. The molecule has 0 aromatic heterocycles. The van der Waals surface area contributed by atoms with Crippen molar-refractivity contribution >= 4 is 11.8 Å². The average Bonchev–Trinajstić information content (AvgIpc) is 3.31. The molecule has 1 atom stereocenters. The van der Waals surface area contributed by atoms with Gasteiger partial charge < -0.3 is 10.2 Å². The fourth-order valence-electron chi connectivity index (χ4n) is 6.48. The lowest BCUT2D eigenvalue weighted by molar-refractivity contribution is -0.141. The zero-order chi connectivity index (χ0) is 22.2. The Hall–Kier alpha value is -2.69. The Morgan fingerprint density at radius 3 is 2.38 bits per heavy atom. The minimum atomic E-state index is -0.405. The van der Waals surface area contributed by atoms with Crippen LogP contribution in [0.5, 0.6) is 0 Å². The summed E-state index contributed by atoms with van der Waals surface area (Å²) in [6.07, 6.45) is 5.98. The molecule has 2 saturated heterocycles. The predicted octanol–water partition coefficient (Wildman–Crippen LogP) is 4.55. The zero-order valence-corrected chi connectivity index (χ0v) is 18.5. The van der Waals surface area contributed by atoms with Gasteiger partial charge >= 0.3 is 0 Å². The van der Waals surface area contributed by atoms with Crippen molar-refractivity contribution in [1.29, 1.82) is 0 Å². The first-order chi connectivity index (χ1) is 15.5. The molecule has 3 aliphatic rings. The Morgan fingerprint density at radius 2 is 1.69 bits per heavy atom. The molecule has 5 rings (SSSR count). The van der Waals surface area contributed by atoms with Crippen molar-refractivity contribution in [2.75, 3.05) is 19.6 Å². The molecule has 0 unspecified atom stereocenters. The number of amides is 2. The molecule has 2 aromatic carbocycles. The number of piperidine rings is 2. The molecule has 2 heterocycles. The van der Waals surface area contributed by atoms with Crippen LogP contribution >= 0.6 is 0 Å². The molecule has 2 amide bonds. The highest BCUT2D eigenvalue weighted by Gasteiger charge is 2.50. The first-order valence-electron chi connectivity index (χ1n) is 11.9. The van der Waals surface area contributed by atoms with Gasteiger partial charge in [0.1, 0.15) is 5.82 Å². The van der Waals surface area contributed by atoms with E-state index in [1.165, 1.54) is 6.07 Å². The fraction of sp³-hybridized carbons (Fsp3) is 0.481. The third kappa shape index (κ3) is 3.62. The third-order valence-corrected chi connectivity index (χ3v) is 8.25. The lowest BCUT2D eigenvalue weighted by Crippen LogP contribution is -2.55. The van der Waals surface area contributed by atoms with Gasteiger partial charge in [-0.1, -0.05) is 55.3 Å². The molecule has 5 heteroatoms. The fourth-order valence-corrected chi connectivity index (χ4v) is 6.48. The molecule has 0 bridgehead atoms. The van der Waals surface area contributed by atoms with E-state index < -0.39 is 5.41 Å². The van der Waals surface area contributed by atoms with E-state index in [9.17, 15) is 14.0 Å². The summed E-state index contributed by atoms with van der Waals surface area (Å²) in [6, 6.07) is 17.0. The topological polar surface area (TPSA) is 49.4 Å². The van der Waals surface area contributed by atoms with E-state index >= 15 is 0 Å². The Morgan fingerprint density at radius 1 is 0.969 bits per heavy atom. The second-order valence-electron chi connectivity index (χ2n) is 9.90. The van der Waals surface area contributed by atoms with E-state index in [0.717, 1.165) is 49.7 Å². The maximum atomic E-state index is 14.0. The van der Waals surface area contributed by atoms with E-state index in [-0.39, 0.29) is 29.0 Å². The quantitative estimate of drug-likeness (QED) is 0.771. The highest BCUT2D eigenvalue weighted by Crippen LogP contribution is 2.50. The van der Waals surface area contributed by atoms with Crippen molar-refractivity contribution in [3.8, 4) is 0 Å². The number of hydrogen-bond donors (Lipinski definition) is 1. The molecule has 1 N–H and O–H groups in total. The SMILES string of the molecule is O=C1CC2(CCN(C(=O)C3(c4ccccc4)CCCC3)CC2)[C@@H](c2cccc(F)c2)CN1. The van der Waals surface area contributed by atoms with Gasteiger partial charge in [0.25, 0.3) is 0 Å². The van der Waals surface area contributed by atoms with E-state index in [1.54, 1.807) is 12.1 Å². The molecule has 2 aromatic rings. The number of carbonyl (C=O) groups excluding carboxylic acids is 2. The predicted molar refractivity (Wildman–Crippen MR) is 122 cm³/mol. The van der Waals surface area contributed by atoms with Crippen molar-refractivity contribution in [3.05, 3.63) is 71.5 Å². The molecule has 3 fully saturated rings. The molecular weight excluding hydrogens is 403 g/mol. The summed E-state index contributed by atoms with van der Waals surface area (Å²) < 4.78 is 14.0. The maximum absolute atomic E-state index is 14.0. The van der Waals surface area contributed by atoms with Crippen LogP contribution in [0.3, 0.4) is 0 Å². The Labute approximate surface area is 189 Å². The van der Waals surface area contributed by atoms with E-state index in [0.29, 0.717) is 26.1 Å². The van der Waals surface area contributed by atoms with Crippen LogP contribution in [0.25, 0.3) is 0 Å². The van der Waals surface area contributed by atoms with Gasteiger partial charge in [0.15, 0.2) is 0 Å². The minimum absolute atomic E-state index is 0.0639. The van der Waals surface area contributed by atoms with E-state index in [1.807, 2.05) is 29.2 Å². The number of rotatable bonds is 3. The van der Waals surface area contributed by atoms with Crippen LogP contribution in [0, 0.1) is 11.2 Å². The third-order valence-electron chi connectivity index (χ3n) is 8.25. The van der Waals surface area contributed by atoms with Gasteiger partial charge in [-0.05, 0) is 54.4 Å². The van der Waals surface area contributed by atoms with Crippen molar-refractivity contribution in [3.63, 3.8) is 0 Å². The number of nitrogens with zero attached hydrogens (tertiary/aromatic N) is 1. The second kappa shape index (κ2) is 8.34. The van der Waals surface area contributed by atoms with Crippen molar-refractivity contribution in [1.82, 2.24) is 10.2 Å². The molecule has 168 valence electrons. The summed E-state index contributed by atoms with van der Waals surface area (Å²) in [4.78, 5) is 28.3. The summed E-state index contributed by atoms with van der Waals surface area (Å²) in [5.41, 5.74) is 1.46. The molecular formula is C27H31FN2O2. The number of nitrogens with one attached hydrogen (secondary N) is 1. The van der Waals surface area contributed by atoms with Crippen molar-refractivity contribution < 1.29 is 14.0 Å². The molecule has 1 aliphatic carbocycles. The summed E-state index contributed by atoms with van der Waals surface area (Å²) in [5.74, 6) is 0.142. The van der Waals surface area contributed by atoms with Gasteiger partial charge in [0.2, 0.25) is 11.8 Å². The first kappa shape index (κ1) is 21.2. The van der Waals surface area contributed by atoms with Crippen molar-refractivity contribution in [2.45, 2.75) is 56.3 Å². The molecule has 1 saturated carbocycles. The minimum Gasteiger partial charge on any atom is -0.355 e. The number of likely N-dealkylation sites (tertiary alicyclic amines) is 1. The maximum Gasteiger partial charge on any atom is 0.233 e. The molecule has 0 radical (unpaired) electrons. The highest BCUT2D eigenvalue weighted by atomic mass is 19.1. The summed E-state index contributed by atoms with van der Waals surface area (Å²) >= 11 is 0. The molecule has 4 nitrogen and oxygen atoms in total. The molecule has 32 heavy (non-hydrogen) atoms. The van der Waals surface area contributed by atoms with Gasteiger partial charge in [-0.3, -0.25) is 9.59 Å². The van der Waals surface area contributed by atoms with Crippen LogP contribution in [0.1, 0.15) is 62.0 Å². The van der Waals surface area contributed by atoms with E-state index in [4.69, 9.17) is 0 Å². The number of halogens is 1. The monoisotopic (exact) mass is 434 g/mol. The van der Waals surface area contributed by atoms with Crippen LogP contribution in [0.4, 0.5) is 4.39 Å². The zero-order valence-electron chi connectivity index (χ0n) is 18.5. The normalized spacial score (nSPS) is 24.3. The smallest absolute Gasteiger partial charge is 0.233 e. The largest absolute Gasteiger partial charge is 0.355 e. The number of carbonyl (C=O) groups is 2. The van der Waals surface area contributed by atoms with Crippen molar-refractivity contribution in [2.24, 2.45) is 5.41 Å². The number of benzene rings is 2. The summed E-state index contributed by atoms with van der Waals surface area (Å²) in [7, 11) is 0. The Kier molecular flexibility index (Phi) is 5.52. The Balaban J connectivity index is 1.38. The first-order valence-corrected chi connectivity index (χ1v) is 11.9. The summed E-state index contributed by atoms with van der Waals surface area (Å²) in [6.45, 7) is 1.85. The lowest BCUT2D eigenvalue weighted by atomic mass is 9.62. The van der Waals surface area contributed by atoms with Crippen LogP contribution < -0.4 is 5.32 Å². The van der Waals surface area contributed by atoms with Gasteiger partial charge in [-0.15, -0.1) is 0 Å². The van der Waals surface area contributed by atoms with E-state index in [2.05, 4.69) is 17.4 Å². The van der Waals surface area contributed by atoms with Crippen LogP contribution in [-0.4, -0.2) is 36.3 Å². The van der Waals surface area contributed by atoms with Gasteiger partial charge in [0, 0.05) is 32.0 Å². The van der Waals surface area contributed by atoms with Gasteiger partial charge in [-0.25, -0.2) is 4.39 Å². The number of hydrogen-bond acceptors (Lipinski definition) is 2. The second-order valence-corrected chi connectivity index (χ2v) is 9.90. The van der Waals surface area contributed by atoms with Crippen LogP contribution in [-0.2, 0) is 15.0 Å². The van der Waals surface area contributed by atoms with Gasteiger partial charge in [0.05, 0.1) is 5.41 Å². The summed E-state index contributed by atoms with van der Waals surface area (Å²) in [5, 5.41) is 2.99. The molecule has 1 spiro atoms. The lowest BCUT2D eigenvalue weighted by Gasteiger charge is -2.50. The van der Waals surface area contributed by atoms with Crippen LogP contribution in [0.15, 0.2) is 54.6 Å². The van der Waals surface area contributed by atoms with Gasteiger partial charge in [-0.2, -0.15) is 0 Å². The molecule has 2 aliphatic heterocycles.